The van der Waals surface area contributed by atoms with Gasteiger partial charge in [-0.05, 0) is 16.7 Å². The van der Waals surface area contributed by atoms with Crippen LogP contribution in [0.2, 0.25) is 0 Å². The first-order chi connectivity index (χ1) is 16.1. The first kappa shape index (κ1) is 20.3. The zero-order chi connectivity index (χ0) is 22.5. The lowest BCUT2D eigenvalue weighted by Gasteiger charge is -2.15. The minimum absolute atomic E-state index is 0.0172. The number of imidazole rings is 1. The summed E-state index contributed by atoms with van der Waals surface area (Å²) in [5, 5.41) is 9.86. The highest BCUT2D eigenvalue weighted by molar-refractivity contribution is 5.84. The number of H-pyrrole nitrogens is 1. The van der Waals surface area contributed by atoms with E-state index >= 15 is 4.39 Å². The molecule has 8 heteroatoms. The normalized spacial score (nSPS) is 24.3. The molecule has 0 unspecified atom stereocenters. The molecule has 1 aromatic heterocycles. The molecule has 4 atom stereocenters. The van der Waals surface area contributed by atoms with Crippen LogP contribution in [-0.2, 0) is 9.47 Å². The van der Waals surface area contributed by atoms with Crippen LogP contribution in [0.3, 0.4) is 0 Å². The van der Waals surface area contributed by atoms with E-state index in [4.69, 9.17) is 14.2 Å². The van der Waals surface area contributed by atoms with Crippen molar-refractivity contribution >= 4 is 11.0 Å². The second-order valence-electron chi connectivity index (χ2n) is 8.25. The molecule has 6 rings (SSSR count). The second-order valence-corrected chi connectivity index (χ2v) is 8.25. The highest BCUT2D eigenvalue weighted by Crippen LogP contribution is 2.34. The minimum atomic E-state index is -0.767. The lowest BCUT2D eigenvalue weighted by atomic mass is 9.99. The maximum atomic E-state index is 15.4. The van der Waals surface area contributed by atoms with E-state index in [9.17, 15) is 9.50 Å². The van der Waals surface area contributed by atoms with Crippen LogP contribution < -0.4 is 4.74 Å². The fraction of sp³-hybridized carbons (Fsp3) is 0.240. The molecule has 0 radical (unpaired) electrons. The average Bonchev–Trinajstić information content (AvgIpc) is 3.52. The molecule has 3 aromatic carbocycles. The number of aromatic amines is 1. The Bertz CT molecular complexity index is 1310. The monoisotopic (exact) mass is 450 g/mol. The van der Waals surface area contributed by atoms with Crippen molar-refractivity contribution in [1.29, 1.82) is 0 Å². The first-order valence-electron chi connectivity index (χ1n) is 10.7. The first-order valence-corrected chi connectivity index (χ1v) is 10.7. The Morgan fingerprint density at radius 2 is 1.61 bits per heavy atom. The topological polar surface area (TPSA) is 76.6 Å². The van der Waals surface area contributed by atoms with E-state index in [1.165, 1.54) is 6.07 Å². The molecule has 2 saturated heterocycles. The van der Waals surface area contributed by atoms with E-state index < -0.39 is 36.1 Å². The molecule has 0 spiro atoms. The van der Waals surface area contributed by atoms with E-state index in [2.05, 4.69) is 9.97 Å². The highest BCUT2D eigenvalue weighted by atomic mass is 19.1. The van der Waals surface area contributed by atoms with Crippen LogP contribution in [0.5, 0.6) is 6.01 Å². The lowest BCUT2D eigenvalue weighted by Crippen LogP contribution is -2.34. The Morgan fingerprint density at radius 1 is 0.909 bits per heavy atom. The summed E-state index contributed by atoms with van der Waals surface area (Å²) < 4.78 is 47.2. The van der Waals surface area contributed by atoms with Crippen LogP contribution >= 0.6 is 0 Å². The number of aromatic nitrogens is 2. The van der Waals surface area contributed by atoms with Gasteiger partial charge in [-0.2, -0.15) is 4.98 Å². The van der Waals surface area contributed by atoms with Gasteiger partial charge in [0.15, 0.2) is 11.9 Å². The third kappa shape index (κ3) is 3.47. The SMILES string of the molecule is O[C@H]1CO[C@H]2[C@@H]1OC[C@@H]2Oc1nc2c(F)c(-c3ccc(-c4ccccc4)cc3)c(F)cc2[nH]1. The average molecular weight is 450 g/mol. The number of ether oxygens (including phenoxy) is 3. The van der Waals surface area contributed by atoms with Crippen LogP contribution in [0, 0.1) is 11.6 Å². The second kappa shape index (κ2) is 7.91. The number of hydrogen-bond acceptors (Lipinski definition) is 5. The maximum absolute atomic E-state index is 15.4. The number of halogens is 2. The van der Waals surface area contributed by atoms with Crippen LogP contribution in [0.4, 0.5) is 8.78 Å². The van der Waals surface area contributed by atoms with Gasteiger partial charge in [-0.15, -0.1) is 0 Å². The summed E-state index contributed by atoms with van der Waals surface area (Å²) in [5.41, 5.74) is 2.41. The van der Waals surface area contributed by atoms with Crippen molar-refractivity contribution in [2.45, 2.75) is 24.4 Å². The molecule has 33 heavy (non-hydrogen) atoms. The van der Waals surface area contributed by atoms with Crippen molar-refractivity contribution in [3.8, 4) is 28.3 Å². The van der Waals surface area contributed by atoms with Gasteiger partial charge in [0.05, 0.1) is 24.3 Å². The van der Waals surface area contributed by atoms with Gasteiger partial charge in [0, 0.05) is 6.07 Å². The number of nitrogens with one attached hydrogen (secondary N) is 1. The summed E-state index contributed by atoms with van der Waals surface area (Å²) in [6.07, 6.45) is -2.11. The van der Waals surface area contributed by atoms with Crippen molar-refractivity contribution < 1.29 is 28.1 Å². The summed E-state index contributed by atoms with van der Waals surface area (Å²) in [6, 6.07) is 18.1. The lowest BCUT2D eigenvalue weighted by molar-refractivity contribution is 0.00706. The quantitative estimate of drug-likeness (QED) is 0.490. The van der Waals surface area contributed by atoms with Crippen molar-refractivity contribution in [3.63, 3.8) is 0 Å². The Morgan fingerprint density at radius 3 is 2.39 bits per heavy atom. The van der Waals surface area contributed by atoms with Crippen molar-refractivity contribution in [1.82, 2.24) is 9.97 Å². The molecular formula is C25H20F2N2O4. The number of benzene rings is 3. The zero-order valence-corrected chi connectivity index (χ0v) is 17.4. The fourth-order valence-corrected chi connectivity index (χ4v) is 4.53. The number of fused-ring (bicyclic) bond motifs is 2. The Balaban J connectivity index is 1.30. The predicted molar refractivity (Wildman–Crippen MR) is 117 cm³/mol. The number of aliphatic hydroxyl groups is 1. The number of rotatable bonds is 4. The predicted octanol–water partition coefficient (Wildman–Crippen LogP) is 4.08. The van der Waals surface area contributed by atoms with Crippen molar-refractivity contribution in [2.75, 3.05) is 13.2 Å². The Labute approximate surface area is 187 Å². The third-order valence-electron chi connectivity index (χ3n) is 6.17. The smallest absolute Gasteiger partial charge is 0.295 e. The van der Waals surface area contributed by atoms with Gasteiger partial charge in [-0.3, -0.25) is 0 Å². The van der Waals surface area contributed by atoms with Crippen LogP contribution in [0.25, 0.3) is 33.3 Å². The molecule has 0 aliphatic carbocycles. The molecule has 2 fully saturated rings. The number of hydrogen-bond donors (Lipinski definition) is 2. The van der Waals surface area contributed by atoms with E-state index in [0.717, 1.165) is 11.1 Å². The number of nitrogens with zero attached hydrogens (tertiary/aromatic N) is 1. The minimum Gasteiger partial charge on any atom is -0.456 e. The summed E-state index contributed by atoms with van der Waals surface area (Å²) >= 11 is 0. The molecule has 168 valence electrons. The van der Waals surface area contributed by atoms with E-state index in [0.29, 0.717) is 5.56 Å². The molecule has 4 aromatic rings. The standard InChI is InChI=1S/C25H20F2N2O4/c26-16-10-17-22(29-25(28-17)33-19-12-32-23-18(30)11-31-24(19)23)21(27)20(16)15-8-6-14(7-9-15)13-4-2-1-3-5-13/h1-10,18-19,23-24,30H,11-12H2,(H,28,29)/t18-,19-,23+,24+/m0/s1. The van der Waals surface area contributed by atoms with Crippen LogP contribution in [-0.4, -0.2) is 52.7 Å². The molecule has 2 aliphatic heterocycles. The fourth-order valence-electron chi connectivity index (χ4n) is 4.53. The zero-order valence-electron chi connectivity index (χ0n) is 17.4. The van der Waals surface area contributed by atoms with Crippen LogP contribution in [0.15, 0.2) is 60.7 Å². The highest BCUT2D eigenvalue weighted by Gasteiger charge is 2.48. The maximum Gasteiger partial charge on any atom is 0.295 e. The summed E-state index contributed by atoms with van der Waals surface area (Å²) in [7, 11) is 0. The van der Waals surface area contributed by atoms with Crippen LogP contribution in [0.1, 0.15) is 0 Å². The van der Waals surface area contributed by atoms with Crippen molar-refractivity contribution in [3.05, 3.63) is 72.3 Å². The summed E-state index contributed by atoms with van der Waals surface area (Å²) in [5.74, 6) is -1.47. The van der Waals surface area contributed by atoms with E-state index in [1.54, 1.807) is 12.1 Å². The van der Waals surface area contributed by atoms with Gasteiger partial charge >= 0.3 is 0 Å². The number of aliphatic hydroxyl groups excluding tert-OH is 1. The van der Waals surface area contributed by atoms with E-state index in [-0.39, 0.29) is 35.8 Å². The molecular weight excluding hydrogens is 430 g/mol. The van der Waals surface area contributed by atoms with Gasteiger partial charge in [-0.1, -0.05) is 54.6 Å². The third-order valence-corrected chi connectivity index (χ3v) is 6.17. The molecule has 2 N–H and O–H groups in total. The largest absolute Gasteiger partial charge is 0.456 e. The van der Waals surface area contributed by atoms with Gasteiger partial charge in [0.1, 0.15) is 29.6 Å². The molecule has 6 nitrogen and oxygen atoms in total. The van der Waals surface area contributed by atoms with Gasteiger partial charge in [-0.25, -0.2) is 8.78 Å². The molecule has 2 aliphatic rings. The molecule has 0 saturated carbocycles. The van der Waals surface area contributed by atoms with Gasteiger partial charge in [0.2, 0.25) is 0 Å². The molecule has 3 heterocycles. The Kier molecular flexibility index (Phi) is 4.86. The summed E-state index contributed by atoms with van der Waals surface area (Å²) in [6.45, 7) is 0.376. The van der Waals surface area contributed by atoms with Gasteiger partial charge < -0.3 is 24.3 Å². The summed E-state index contributed by atoms with van der Waals surface area (Å²) in [4.78, 5) is 7.03. The van der Waals surface area contributed by atoms with Crippen molar-refractivity contribution in [2.24, 2.45) is 0 Å². The molecule has 0 bridgehead atoms. The van der Waals surface area contributed by atoms with E-state index in [1.807, 2.05) is 42.5 Å². The van der Waals surface area contributed by atoms with Gasteiger partial charge in [0.25, 0.3) is 6.01 Å². The molecule has 0 amide bonds. The Hall–Kier alpha value is -3.33.